The lowest BCUT2D eigenvalue weighted by molar-refractivity contribution is -0.139. The van der Waals surface area contributed by atoms with Gasteiger partial charge in [-0.25, -0.2) is 9.78 Å². The van der Waals surface area contributed by atoms with Gasteiger partial charge < -0.3 is 14.8 Å². The number of carboxylic acid groups (broad SMARTS) is 1. The number of benzene rings is 2. The Kier molecular flexibility index (Phi) is 10.4. The zero-order valence-electron chi connectivity index (χ0n) is 23.9. The Morgan fingerprint density at radius 2 is 1.89 bits per heavy atom. The summed E-state index contributed by atoms with van der Waals surface area (Å²) < 4.78 is 46.6. The number of aliphatic carboxylic acids is 1. The standard InChI is InChI=1S/C34H30ClF3N2O4/c1-3-5-8-22(4-2)23-9-6-10-24(16-15-23)32-40-29(30(44-32)25-11-7-12-26(20-25)34(36,37)38)31(41)39-28(33(42)43)19-21-13-17-27(35)18-14-21/h3-7,9-18,20,23,28H,8,19H2,1-2H3,(H,39,41)(H,42,43)/b5-3-,22-4+. The number of aromatic nitrogens is 1. The van der Waals surface area contributed by atoms with Gasteiger partial charge in [-0.2, -0.15) is 13.2 Å². The van der Waals surface area contributed by atoms with Crippen LogP contribution in [0.4, 0.5) is 13.2 Å². The van der Waals surface area contributed by atoms with E-state index in [2.05, 4.69) is 10.3 Å². The van der Waals surface area contributed by atoms with Crippen molar-refractivity contribution in [1.29, 1.82) is 0 Å². The van der Waals surface area contributed by atoms with Gasteiger partial charge in [-0.3, -0.25) is 4.79 Å². The molecule has 3 aromatic rings. The van der Waals surface area contributed by atoms with E-state index in [-0.39, 0.29) is 35.2 Å². The second kappa shape index (κ2) is 14.2. The van der Waals surface area contributed by atoms with Crippen molar-refractivity contribution in [3.8, 4) is 11.3 Å². The molecule has 0 saturated carbocycles. The van der Waals surface area contributed by atoms with E-state index in [0.29, 0.717) is 16.2 Å². The van der Waals surface area contributed by atoms with Crippen LogP contribution in [0.2, 0.25) is 5.02 Å². The van der Waals surface area contributed by atoms with Crippen molar-refractivity contribution < 1.29 is 32.3 Å². The maximum Gasteiger partial charge on any atom is 0.416 e. The van der Waals surface area contributed by atoms with Crippen molar-refractivity contribution in [2.24, 2.45) is 5.92 Å². The maximum atomic E-state index is 13.6. The summed E-state index contributed by atoms with van der Waals surface area (Å²) in [6, 6.07) is 9.43. The van der Waals surface area contributed by atoms with Gasteiger partial charge in [0.25, 0.3) is 5.91 Å². The molecule has 1 aliphatic rings. The molecule has 0 saturated heterocycles. The maximum absolute atomic E-state index is 13.6. The molecule has 4 rings (SSSR count). The second-order valence-electron chi connectivity index (χ2n) is 10.00. The molecule has 10 heteroatoms. The van der Waals surface area contributed by atoms with Crippen molar-refractivity contribution in [3.63, 3.8) is 0 Å². The molecule has 1 amide bonds. The number of nitrogens with zero attached hydrogens (tertiary/aromatic N) is 1. The minimum absolute atomic E-state index is 0.0100. The minimum Gasteiger partial charge on any atom is -0.480 e. The number of oxazole rings is 1. The van der Waals surface area contributed by atoms with Gasteiger partial charge in [0.05, 0.1) is 5.56 Å². The lowest BCUT2D eigenvalue weighted by Gasteiger charge is -2.14. The third-order valence-corrected chi connectivity index (χ3v) is 7.22. The van der Waals surface area contributed by atoms with Crippen molar-refractivity contribution in [2.45, 2.75) is 38.9 Å². The highest BCUT2D eigenvalue weighted by molar-refractivity contribution is 6.30. The van der Waals surface area contributed by atoms with E-state index in [1.54, 1.807) is 36.4 Å². The number of carbonyl (C=O) groups is 2. The van der Waals surface area contributed by atoms with Gasteiger partial charge in [-0.1, -0.05) is 84.0 Å². The van der Waals surface area contributed by atoms with E-state index in [0.717, 1.165) is 24.1 Å². The summed E-state index contributed by atoms with van der Waals surface area (Å²) in [5.41, 5.74) is 0.914. The van der Waals surface area contributed by atoms with Crippen LogP contribution in [-0.4, -0.2) is 28.0 Å². The minimum atomic E-state index is -4.64. The molecule has 0 aliphatic heterocycles. The van der Waals surface area contributed by atoms with Crippen LogP contribution < -0.4 is 5.32 Å². The molecule has 0 bridgehead atoms. The predicted molar refractivity (Wildman–Crippen MR) is 164 cm³/mol. The Balaban J connectivity index is 1.72. The first-order valence-electron chi connectivity index (χ1n) is 13.8. The van der Waals surface area contributed by atoms with E-state index < -0.39 is 29.7 Å². The molecule has 44 heavy (non-hydrogen) atoms. The van der Waals surface area contributed by atoms with Crippen LogP contribution in [0.3, 0.4) is 0 Å². The number of amides is 1. The fourth-order valence-electron chi connectivity index (χ4n) is 4.61. The summed E-state index contributed by atoms with van der Waals surface area (Å²) >= 11 is 5.92. The van der Waals surface area contributed by atoms with E-state index in [1.165, 1.54) is 12.1 Å². The lowest BCUT2D eigenvalue weighted by Crippen LogP contribution is -2.42. The zero-order valence-corrected chi connectivity index (χ0v) is 24.7. The number of hydrogen-bond donors (Lipinski definition) is 2. The molecule has 2 unspecified atom stereocenters. The fourth-order valence-corrected chi connectivity index (χ4v) is 4.73. The highest BCUT2D eigenvalue weighted by Gasteiger charge is 2.32. The van der Waals surface area contributed by atoms with E-state index in [4.69, 9.17) is 16.0 Å². The Bertz CT molecular complexity index is 1660. The smallest absolute Gasteiger partial charge is 0.416 e. The van der Waals surface area contributed by atoms with Crippen LogP contribution in [0, 0.1) is 5.92 Å². The average Bonchev–Trinajstić information content (AvgIpc) is 3.30. The quantitative estimate of drug-likeness (QED) is 0.221. The molecule has 0 spiro atoms. The van der Waals surface area contributed by atoms with E-state index in [9.17, 15) is 27.9 Å². The van der Waals surface area contributed by atoms with Crippen LogP contribution in [0.15, 0.2) is 107 Å². The first-order valence-corrected chi connectivity index (χ1v) is 14.2. The molecular weight excluding hydrogens is 593 g/mol. The molecule has 1 heterocycles. The third kappa shape index (κ3) is 8.05. The van der Waals surface area contributed by atoms with Gasteiger partial charge in [-0.15, -0.1) is 0 Å². The van der Waals surface area contributed by atoms with Crippen LogP contribution in [0.25, 0.3) is 16.9 Å². The Labute approximate surface area is 258 Å². The number of carboxylic acids is 1. The molecule has 6 nitrogen and oxygen atoms in total. The third-order valence-electron chi connectivity index (χ3n) is 6.96. The molecule has 0 fully saturated rings. The second-order valence-corrected chi connectivity index (χ2v) is 10.4. The number of nitrogens with one attached hydrogen (secondary N) is 1. The highest BCUT2D eigenvalue weighted by atomic mass is 35.5. The lowest BCUT2D eigenvalue weighted by atomic mass is 9.95. The predicted octanol–water partition coefficient (Wildman–Crippen LogP) is 8.48. The normalized spacial score (nSPS) is 16.1. The number of halogens is 4. The summed E-state index contributed by atoms with van der Waals surface area (Å²) in [6.07, 6.45) is 11.3. The summed E-state index contributed by atoms with van der Waals surface area (Å²) in [5, 5.41) is 12.8. The van der Waals surface area contributed by atoms with Gasteiger partial charge in [-0.05, 0) is 56.2 Å². The number of hydrogen-bond acceptors (Lipinski definition) is 4. The topological polar surface area (TPSA) is 92.4 Å². The van der Waals surface area contributed by atoms with Crippen LogP contribution >= 0.6 is 11.6 Å². The number of rotatable bonds is 10. The van der Waals surface area contributed by atoms with Gasteiger partial charge >= 0.3 is 12.1 Å². The first kappa shape index (κ1) is 32.3. The van der Waals surface area contributed by atoms with Gasteiger partial charge in [0.15, 0.2) is 11.5 Å². The van der Waals surface area contributed by atoms with Crippen LogP contribution in [0.1, 0.15) is 47.8 Å². The largest absolute Gasteiger partial charge is 0.480 e. The highest BCUT2D eigenvalue weighted by Crippen LogP contribution is 2.35. The van der Waals surface area contributed by atoms with Crippen LogP contribution in [-0.2, 0) is 17.4 Å². The van der Waals surface area contributed by atoms with Crippen LogP contribution in [0.5, 0.6) is 0 Å². The van der Waals surface area contributed by atoms with Crippen molar-refractivity contribution in [3.05, 3.63) is 130 Å². The molecule has 2 atom stereocenters. The zero-order chi connectivity index (χ0) is 31.9. The molecule has 0 radical (unpaired) electrons. The SMILES string of the molecule is C/C=C\C/C(=C\C)C1C=CC=C(c2nc(C(=O)NC(Cc3ccc(Cl)cc3)C(=O)O)c(-c3cccc(C(F)(F)F)c3)o2)C=C1. The van der Waals surface area contributed by atoms with Gasteiger partial charge in [0.2, 0.25) is 5.89 Å². The van der Waals surface area contributed by atoms with E-state index >= 15 is 0 Å². The monoisotopic (exact) mass is 622 g/mol. The average molecular weight is 623 g/mol. The van der Waals surface area contributed by atoms with Crippen molar-refractivity contribution in [1.82, 2.24) is 10.3 Å². The number of alkyl halides is 3. The number of carbonyl (C=O) groups excluding carboxylic acids is 1. The Hall–Kier alpha value is -4.63. The molecule has 1 aromatic heterocycles. The Morgan fingerprint density at radius 3 is 2.55 bits per heavy atom. The molecule has 1 aliphatic carbocycles. The Morgan fingerprint density at radius 1 is 1.14 bits per heavy atom. The summed E-state index contributed by atoms with van der Waals surface area (Å²) in [7, 11) is 0. The van der Waals surface area contributed by atoms with Crippen molar-refractivity contribution in [2.75, 3.05) is 0 Å². The molecule has 2 aromatic carbocycles. The molecular formula is C34H30ClF3N2O4. The molecule has 2 N–H and O–H groups in total. The van der Waals surface area contributed by atoms with Crippen molar-refractivity contribution >= 4 is 29.1 Å². The molecule has 228 valence electrons. The first-order chi connectivity index (χ1) is 21.0. The summed E-state index contributed by atoms with van der Waals surface area (Å²) in [5.74, 6) is -2.47. The van der Waals surface area contributed by atoms with Gasteiger partial charge in [0, 0.05) is 28.5 Å². The summed E-state index contributed by atoms with van der Waals surface area (Å²) in [4.78, 5) is 30.0. The van der Waals surface area contributed by atoms with E-state index in [1.807, 2.05) is 50.3 Å². The summed E-state index contributed by atoms with van der Waals surface area (Å²) in [6.45, 7) is 3.90. The number of allylic oxidation sites excluding steroid dienone is 10. The van der Waals surface area contributed by atoms with Gasteiger partial charge in [0.1, 0.15) is 6.04 Å². The fraction of sp³-hybridized carbons (Fsp3) is 0.206.